The first kappa shape index (κ1) is 11.2. The number of carbonyl (C=O) groups excluding carboxylic acids is 1. The van der Waals surface area contributed by atoms with E-state index in [1.165, 1.54) is 5.56 Å². The zero-order valence-corrected chi connectivity index (χ0v) is 10.2. The molecule has 1 aliphatic rings. The van der Waals surface area contributed by atoms with Crippen molar-refractivity contribution < 1.29 is 9.53 Å². The van der Waals surface area contributed by atoms with Gasteiger partial charge in [-0.15, -0.1) is 0 Å². The van der Waals surface area contributed by atoms with E-state index < -0.39 is 0 Å². The number of carbonyl (C=O) groups is 1. The second-order valence-electron chi connectivity index (χ2n) is 4.78. The quantitative estimate of drug-likeness (QED) is 0.725. The van der Waals surface area contributed by atoms with Crippen molar-refractivity contribution in [3.05, 3.63) is 29.3 Å². The number of methoxy groups -OCH3 is 1. The maximum absolute atomic E-state index is 12.3. The lowest BCUT2D eigenvalue weighted by Crippen LogP contribution is -2.13. The summed E-state index contributed by atoms with van der Waals surface area (Å²) in [6, 6.07) is 5.90. The molecule has 0 N–H and O–H groups in total. The zero-order chi connectivity index (χ0) is 11.8. The Bertz CT molecular complexity index is 417. The first-order chi connectivity index (χ1) is 7.60. The summed E-state index contributed by atoms with van der Waals surface area (Å²) in [4.78, 5) is 12.3. The number of benzene rings is 1. The van der Waals surface area contributed by atoms with Gasteiger partial charge in [-0.25, -0.2) is 0 Å². The van der Waals surface area contributed by atoms with Gasteiger partial charge in [0, 0.05) is 5.41 Å². The van der Waals surface area contributed by atoms with Crippen molar-refractivity contribution in [3.63, 3.8) is 0 Å². The minimum Gasteiger partial charge on any atom is -0.496 e. The maximum Gasteiger partial charge on any atom is 0.172 e. The Morgan fingerprint density at radius 1 is 1.44 bits per heavy atom. The molecule has 0 aliphatic heterocycles. The monoisotopic (exact) mass is 218 g/mol. The highest BCUT2D eigenvalue weighted by atomic mass is 16.5. The van der Waals surface area contributed by atoms with Crippen LogP contribution < -0.4 is 4.74 Å². The van der Waals surface area contributed by atoms with Crippen LogP contribution in [0.4, 0.5) is 0 Å². The van der Waals surface area contributed by atoms with Crippen molar-refractivity contribution in [1.29, 1.82) is 0 Å². The summed E-state index contributed by atoms with van der Waals surface area (Å²) < 4.78 is 5.27. The fourth-order valence-electron chi connectivity index (χ4n) is 1.89. The molecule has 1 saturated carbocycles. The molecule has 0 heterocycles. The molecule has 1 aliphatic carbocycles. The van der Waals surface area contributed by atoms with Gasteiger partial charge in [0.05, 0.1) is 12.7 Å². The number of Topliss-reactive ketones (excluding diaryl/α,β-unsaturated/α-hetero) is 1. The average Bonchev–Trinajstić information content (AvgIpc) is 3.06. The second-order valence-corrected chi connectivity index (χ2v) is 4.78. The Morgan fingerprint density at radius 3 is 2.62 bits per heavy atom. The molecule has 0 unspecified atom stereocenters. The number of ether oxygens (including phenoxy) is 1. The number of rotatable bonds is 4. The number of hydrogen-bond donors (Lipinski definition) is 0. The van der Waals surface area contributed by atoms with E-state index in [9.17, 15) is 4.79 Å². The second kappa shape index (κ2) is 3.93. The lowest BCUT2D eigenvalue weighted by atomic mass is 9.94. The van der Waals surface area contributed by atoms with Crippen LogP contribution in [0.1, 0.15) is 42.6 Å². The minimum absolute atomic E-state index is 0.125. The summed E-state index contributed by atoms with van der Waals surface area (Å²) >= 11 is 0. The van der Waals surface area contributed by atoms with Gasteiger partial charge in [-0.1, -0.05) is 19.9 Å². The van der Waals surface area contributed by atoms with Crippen LogP contribution in [-0.4, -0.2) is 12.9 Å². The lowest BCUT2D eigenvalue weighted by molar-refractivity contribution is 0.0909. The van der Waals surface area contributed by atoms with Gasteiger partial charge < -0.3 is 4.74 Å². The molecule has 0 radical (unpaired) electrons. The Morgan fingerprint density at radius 2 is 2.12 bits per heavy atom. The van der Waals surface area contributed by atoms with Gasteiger partial charge in [0.2, 0.25) is 0 Å². The van der Waals surface area contributed by atoms with E-state index in [1.54, 1.807) is 7.11 Å². The molecular formula is C14H18O2. The van der Waals surface area contributed by atoms with Gasteiger partial charge in [0.15, 0.2) is 5.78 Å². The molecule has 0 spiro atoms. The van der Waals surface area contributed by atoms with Gasteiger partial charge in [-0.05, 0) is 37.0 Å². The molecule has 0 aromatic heterocycles. The average molecular weight is 218 g/mol. The molecule has 0 atom stereocenters. The first-order valence-corrected chi connectivity index (χ1v) is 5.82. The smallest absolute Gasteiger partial charge is 0.172 e. The maximum atomic E-state index is 12.3. The normalized spacial score (nSPS) is 16.9. The molecule has 0 bridgehead atoms. The van der Waals surface area contributed by atoms with Gasteiger partial charge in [0.1, 0.15) is 5.75 Å². The summed E-state index contributed by atoms with van der Waals surface area (Å²) in [5, 5.41) is 0. The molecular weight excluding hydrogens is 200 g/mol. The van der Waals surface area contributed by atoms with Crippen molar-refractivity contribution in [2.45, 2.75) is 33.1 Å². The molecule has 16 heavy (non-hydrogen) atoms. The van der Waals surface area contributed by atoms with Crippen molar-refractivity contribution in [2.24, 2.45) is 5.41 Å². The van der Waals surface area contributed by atoms with Crippen LogP contribution in [0.25, 0.3) is 0 Å². The predicted octanol–water partition coefficient (Wildman–Crippen LogP) is 3.24. The Kier molecular flexibility index (Phi) is 2.75. The number of ketones is 1. The Hall–Kier alpha value is -1.31. The molecule has 1 aromatic rings. The van der Waals surface area contributed by atoms with Crippen LogP contribution >= 0.6 is 0 Å². The van der Waals surface area contributed by atoms with Crippen LogP contribution in [0.2, 0.25) is 0 Å². The largest absolute Gasteiger partial charge is 0.496 e. The first-order valence-electron chi connectivity index (χ1n) is 5.82. The third-order valence-electron chi connectivity index (χ3n) is 3.46. The van der Waals surface area contributed by atoms with Gasteiger partial charge in [-0.3, -0.25) is 4.79 Å². The third-order valence-corrected chi connectivity index (χ3v) is 3.46. The van der Waals surface area contributed by atoms with E-state index in [-0.39, 0.29) is 11.2 Å². The van der Waals surface area contributed by atoms with E-state index in [2.05, 4.69) is 6.92 Å². The van der Waals surface area contributed by atoms with E-state index >= 15 is 0 Å². The van der Waals surface area contributed by atoms with Crippen LogP contribution in [0.3, 0.4) is 0 Å². The highest BCUT2D eigenvalue weighted by Gasteiger charge is 2.45. The fraction of sp³-hybridized carbons (Fsp3) is 0.500. The molecule has 1 aromatic carbocycles. The van der Waals surface area contributed by atoms with E-state index in [0.29, 0.717) is 5.75 Å². The summed E-state index contributed by atoms with van der Waals surface area (Å²) in [5.74, 6) is 0.940. The number of hydrogen-bond acceptors (Lipinski definition) is 2. The van der Waals surface area contributed by atoms with Gasteiger partial charge in [-0.2, -0.15) is 0 Å². The molecule has 1 fully saturated rings. The molecule has 0 saturated heterocycles. The standard InChI is InChI=1S/C14H18O2/c1-4-10-5-6-12(16-3)11(9-10)13(15)14(2)7-8-14/h5-6,9H,4,7-8H2,1-3H3. The Labute approximate surface area is 96.6 Å². The van der Waals surface area contributed by atoms with Crippen LogP contribution in [-0.2, 0) is 6.42 Å². The molecule has 2 nitrogen and oxygen atoms in total. The summed E-state index contributed by atoms with van der Waals surface area (Å²) in [6.07, 6.45) is 2.96. The summed E-state index contributed by atoms with van der Waals surface area (Å²) in [5.41, 5.74) is 1.81. The lowest BCUT2D eigenvalue weighted by Gasteiger charge is -2.12. The van der Waals surface area contributed by atoms with Crippen LogP contribution in [0, 0.1) is 5.41 Å². The SMILES string of the molecule is CCc1ccc(OC)c(C(=O)C2(C)CC2)c1. The third kappa shape index (κ3) is 1.84. The van der Waals surface area contributed by atoms with E-state index in [1.807, 2.05) is 25.1 Å². The zero-order valence-electron chi connectivity index (χ0n) is 10.2. The molecule has 2 rings (SSSR count). The summed E-state index contributed by atoms with van der Waals surface area (Å²) in [6.45, 7) is 4.13. The van der Waals surface area contributed by atoms with Crippen LogP contribution in [0.15, 0.2) is 18.2 Å². The predicted molar refractivity (Wildman–Crippen MR) is 64.0 cm³/mol. The van der Waals surface area contributed by atoms with E-state index in [4.69, 9.17) is 4.74 Å². The summed E-state index contributed by atoms with van der Waals surface area (Å²) in [7, 11) is 1.62. The van der Waals surface area contributed by atoms with Gasteiger partial charge >= 0.3 is 0 Å². The van der Waals surface area contributed by atoms with Crippen molar-refractivity contribution in [2.75, 3.05) is 7.11 Å². The highest BCUT2D eigenvalue weighted by Crippen LogP contribution is 2.48. The van der Waals surface area contributed by atoms with Crippen molar-refractivity contribution >= 4 is 5.78 Å². The number of aryl methyl sites for hydroxylation is 1. The highest BCUT2D eigenvalue weighted by molar-refractivity contribution is 6.04. The molecule has 86 valence electrons. The molecule has 2 heteroatoms. The van der Waals surface area contributed by atoms with E-state index in [0.717, 1.165) is 24.8 Å². The van der Waals surface area contributed by atoms with Crippen molar-refractivity contribution in [3.8, 4) is 5.75 Å². The van der Waals surface area contributed by atoms with Crippen molar-refractivity contribution in [1.82, 2.24) is 0 Å². The van der Waals surface area contributed by atoms with Crippen LogP contribution in [0.5, 0.6) is 5.75 Å². The Balaban J connectivity index is 2.40. The van der Waals surface area contributed by atoms with Gasteiger partial charge in [0.25, 0.3) is 0 Å². The minimum atomic E-state index is -0.125. The topological polar surface area (TPSA) is 26.3 Å². The fourth-order valence-corrected chi connectivity index (χ4v) is 1.89. The molecule has 0 amide bonds.